The van der Waals surface area contributed by atoms with Crippen molar-refractivity contribution in [2.45, 2.75) is 6.92 Å². The molecule has 0 fully saturated rings. The SMILES string of the molecule is C/C=N/OC=O. The van der Waals surface area contributed by atoms with Crippen LogP contribution in [0.15, 0.2) is 5.16 Å². The Morgan fingerprint density at radius 1 is 1.83 bits per heavy atom. The Morgan fingerprint density at radius 2 is 2.50 bits per heavy atom. The molecule has 0 spiro atoms. The fourth-order valence-corrected chi connectivity index (χ4v) is 0.0857. The lowest BCUT2D eigenvalue weighted by atomic mass is 10.9. The molecular weight excluding hydrogens is 82.0 g/mol. The van der Waals surface area contributed by atoms with E-state index in [1.165, 1.54) is 6.21 Å². The summed E-state index contributed by atoms with van der Waals surface area (Å²) in [6.45, 7) is 1.92. The van der Waals surface area contributed by atoms with Gasteiger partial charge in [-0.15, -0.1) is 0 Å². The van der Waals surface area contributed by atoms with Gasteiger partial charge < -0.3 is 4.84 Å². The minimum absolute atomic E-state index is 0.264. The number of carbonyl (C=O) groups excluding carboxylic acids is 1. The van der Waals surface area contributed by atoms with Crippen LogP contribution in [0.4, 0.5) is 0 Å². The standard InChI is InChI=1S/C3H5NO2/c1-2-4-6-3-5/h2-3H,1H3/b4-2+. The number of oxime groups is 1. The molecule has 0 N–H and O–H groups in total. The van der Waals surface area contributed by atoms with Crippen molar-refractivity contribution in [1.82, 2.24) is 0 Å². The van der Waals surface area contributed by atoms with Gasteiger partial charge in [0, 0.05) is 6.21 Å². The fourth-order valence-electron chi connectivity index (χ4n) is 0.0857. The van der Waals surface area contributed by atoms with E-state index in [0.717, 1.165) is 0 Å². The molecule has 0 rings (SSSR count). The van der Waals surface area contributed by atoms with Crippen LogP contribution >= 0.6 is 0 Å². The minimum atomic E-state index is 0.264. The van der Waals surface area contributed by atoms with Crippen molar-refractivity contribution in [3.05, 3.63) is 0 Å². The average Bonchev–Trinajstić information content (AvgIpc) is 1.61. The Bertz CT molecular complexity index is 59.8. The fraction of sp³-hybridized carbons (Fsp3) is 0.333. The second kappa shape index (κ2) is 4.14. The highest BCUT2D eigenvalue weighted by atomic mass is 16.7. The third-order valence-electron chi connectivity index (χ3n) is 0.209. The van der Waals surface area contributed by atoms with E-state index in [1.54, 1.807) is 6.92 Å². The van der Waals surface area contributed by atoms with Crippen molar-refractivity contribution in [1.29, 1.82) is 0 Å². The summed E-state index contributed by atoms with van der Waals surface area (Å²) in [5, 5.41) is 3.10. The van der Waals surface area contributed by atoms with Crippen LogP contribution in [0.25, 0.3) is 0 Å². The Hall–Kier alpha value is -0.860. The maximum atomic E-state index is 9.23. The Kier molecular flexibility index (Phi) is 3.55. The van der Waals surface area contributed by atoms with E-state index in [1.807, 2.05) is 0 Å². The normalized spacial score (nSPS) is 8.83. The Morgan fingerprint density at radius 3 is 2.67 bits per heavy atom. The predicted molar refractivity (Wildman–Crippen MR) is 21.3 cm³/mol. The maximum absolute atomic E-state index is 9.23. The lowest BCUT2D eigenvalue weighted by Crippen LogP contribution is -1.71. The van der Waals surface area contributed by atoms with Crippen LogP contribution < -0.4 is 0 Å². The molecule has 0 aliphatic heterocycles. The van der Waals surface area contributed by atoms with Crippen molar-refractivity contribution >= 4 is 12.7 Å². The van der Waals surface area contributed by atoms with E-state index in [0.29, 0.717) is 0 Å². The van der Waals surface area contributed by atoms with E-state index in [2.05, 4.69) is 9.99 Å². The van der Waals surface area contributed by atoms with Crippen molar-refractivity contribution in [2.75, 3.05) is 0 Å². The lowest BCUT2D eigenvalue weighted by molar-refractivity contribution is -0.128. The van der Waals surface area contributed by atoms with Gasteiger partial charge in [0.2, 0.25) is 0 Å². The number of hydrogen-bond acceptors (Lipinski definition) is 3. The Balaban J connectivity index is 2.85. The van der Waals surface area contributed by atoms with Gasteiger partial charge >= 0.3 is 6.47 Å². The van der Waals surface area contributed by atoms with Gasteiger partial charge in [0.1, 0.15) is 0 Å². The molecule has 0 amide bonds. The molecule has 0 saturated carbocycles. The quantitative estimate of drug-likeness (QED) is 0.208. The zero-order valence-electron chi connectivity index (χ0n) is 3.42. The van der Waals surface area contributed by atoms with Crippen LogP contribution in [0.5, 0.6) is 0 Å². The van der Waals surface area contributed by atoms with Crippen LogP contribution in [0.1, 0.15) is 6.92 Å². The van der Waals surface area contributed by atoms with Crippen molar-refractivity contribution in [2.24, 2.45) is 5.16 Å². The molecular formula is C3H5NO2. The summed E-state index contributed by atoms with van der Waals surface area (Å²) < 4.78 is 0. The maximum Gasteiger partial charge on any atom is 0.323 e. The van der Waals surface area contributed by atoms with E-state index >= 15 is 0 Å². The monoisotopic (exact) mass is 87.0 g/mol. The van der Waals surface area contributed by atoms with E-state index in [9.17, 15) is 4.79 Å². The summed E-state index contributed by atoms with van der Waals surface area (Å²) in [5.41, 5.74) is 0. The highest BCUT2D eigenvalue weighted by Crippen LogP contribution is 1.59. The summed E-state index contributed by atoms with van der Waals surface area (Å²) in [7, 11) is 0. The first-order valence-corrected chi connectivity index (χ1v) is 1.49. The topological polar surface area (TPSA) is 38.7 Å². The van der Waals surface area contributed by atoms with Gasteiger partial charge in [0.25, 0.3) is 0 Å². The molecule has 3 heteroatoms. The molecule has 6 heavy (non-hydrogen) atoms. The van der Waals surface area contributed by atoms with Gasteiger partial charge in [-0.3, -0.25) is 4.79 Å². The summed E-state index contributed by atoms with van der Waals surface area (Å²) in [6, 6.07) is 0. The molecule has 3 nitrogen and oxygen atoms in total. The van der Waals surface area contributed by atoms with Gasteiger partial charge in [0.15, 0.2) is 0 Å². The van der Waals surface area contributed by atoms with E-state index < -0.39 is 0 Å². The van der Waals surface area contributed by atoms with Crippen molar-refractivity contribution in [3.63, 3.8) is 0 Å². The largest absolute Gasteiger partial charge is 0.323 e. The molecule has 0 heterocycles. The highest BCUT2D eigenvalue weighted by Gasteiger charge is 1.58. The molecule has 0 saturated heterocycles. The van der Waals surface area contributed by atoms with Crippen LogP contribution in [-0.4, -0.2) is 12.7 Å². The summed E-state index contributed by atoms with van der Waals surface area (Å²) in [6.07, 6.45) is 1.38. The first kappa shape index (κ1) is 5.14. The highest BCUT2D eigenvalue weighted by molar-refractivity contribution is 5.53. The molecule has 0 aliphatic rings. The summed E-state index contributed by atoms with van der Waals surface area (Å²) in [4.78, 5) is 13.1. The van der Waals surface area contributed by atoms with Crippen LogP contribution in [0.3, 0.4) is 0 Å². The predicted octanol–water partition coefficient (Wildman–Crippen LogP) is 0.165. The van der Waals surface area contributed by atoms with Crippen LogP contribution in [0, 0.1) is 0 Å². The van der Waals surface area contributed by atoms with Crippen LogP contribution in [0.2, 0.25) is 0 Å². The smallest absolute Gasteiger partial charge is 0.322 e. The number of hydrogen-bond donors (Lipinski definition) is 0. The molecule has 34 valence electrons. The third kappa shape index (κ3) is 3.14. The van der Waals surface area contributed by atoms with Gasteiger partial charge in [0.05, 0.1) is 0 Å². The number of rotatable bonds is 2. The lowest BCUT2D eigenvalue weighted by Gasteiger charge is -1.73. The van der Waals surface area contributed by atoms with Gasteiger partial charge in [-0.05, 0) is 6.92 Å². The number of nitrogens with zero attached hydrogens (tertiary/aromatic N) is 1. The van der Waals surface area contributed by atoms with Gasteiger partial charge in [-0.1, -0.05) is 5.16 Å². The second-order valence-electron chi connectivity index (χ2n) is 0.565. The summed E-state index contributed by atoms with van der Waals surface area (Å²) >= 11 is 0. The third-order valence-corrected chi connectivity index (χ3v) is 0.209. The second-order valence-corrected chi connectivity index (χ2v) is 0.565. The molecule has 0 aromatic heterocycles. The number of carbonyl (C=O) groups is 1. The van der Waals surface area contributed by atoms with E-state index in [-0.39, 0.29) is 6.47 Å². The van der Waals surface area contributed by atoms with Crippen molar-refractivity contribution in [3.8, 4) is 0 Å². The molecule has 0 atom stereocenters. The first-order valence-electron chi connectivity index (χ1n) is 1.49. The molecule has 0 radical (unpaired) electrons. The zero-order chi connectivity index (χ0) is 4.83. The average molecular weight is 87.1 g/mol. The van der Waals surface area contributed by atoms with Crippen LogP contribution in [-0.2, 0) is 9.63 Å². The zero-order valence-corrected chi connectivity index (χ0v) is 3.42. The van der Waals surface area contributed by atoms with Crippen molar-refractivity contribution < 1.29 is 9.63 Å². The molecule has 0 unspecified atom stereocenters. The van der Waals surface area contributed by atoms with Gasteiger partial charge in [-0.2, -0.15) is 0 Å². The molecule has 0 bridgehead atoms. The first-order chi connectivity index (χ1) is 2.91. The summed E-state index contributed by atoms with van der Waals surface area (Å²) in [5.74, 6) is 0. The Labute approximate surface area is 35.6 Å². The molecule has 0 aromatic rings. The molecule has 0 aromatic carbocycles. The van der Waals surface area contributed by atoms with Gasteiger partial charge in [-0.25, -0.2) is 0 Å². The minimum Gasteiger partial charge on any atom is -0.322 e. The molecule has 0 aliphatic carbocycles. The van der Waals surface area contributed by atoms with E-state index in [4.69, 9.17) is 0 Å².